The second-order valence-corrected chi connectivity index (χ2v) is 5.99. The van der Waals surface area contributed by atoms with Gasteiger partial charge in [-0.25, -0.2) is 0 Å². The van der Waals surface area contributed by atoms with E-state index in [4.69, 9.17) is 16.7 Å². The Morgan fingerprint density at radius 3 is 2.73 bits per heavy atom. The van der Waals surface area contributed by atoms with Crippen LogP contribution in [0.25, 0.3) is 0 Å². The second kappa shape index (κ2) is 5.61. The number of halogens is 1. The lowest BCUT2D eigenvalue weighted by Gasteiger charge is -2.14. The fourth-order valence-electron chi connectivity index (χ4n) is 2.54. The summed E-state index contributed by atoms with van der Waals surface area (Å²) in [6.45, 7) is 0.391. The molecule has 1 aliphatic carbocycles. The van der Waals surface area contributed by atoms with Crippen molar-refractivity contribution < 1.29 is 19.5 Å². The van der Waals surface area contributed by atoms with E-state index in [2.05, 4.69) is 5.32 Å². The number of hydrogen-bond donors (Lipinski definition) is 2. The summed E-state index contributed by atoms with van der Waals surface area (Å²) in [6, 6.07) is 3.27. The Balaban J connectivity index is 1.85. The first-order valence-electron chi connectivity index (χ1n) is 7.10. The van der Waals surface area contributed by atoms with Crippen molar-refractivity contribution in [1.82, 2.24) is 4.90 Å². The molecule has 1 fully saturated rings. The molecule has 1 aromatic carbocycles. The van der Waals surface area contributed by atoms with Gasteiger partial charge in [-0.05, 0) is 25.0 Å². The predicted octanol–water partition coefficient (Wildman–Crippen LogP) is 2.12. The number of carboxylic acid groups (broad SMARTS) is 1. The van der Waals surface area contributed by atoms with E-state index < -0.39 is 5.97 Å². The highest BCUT2D eigenvalue weighted by Crippen LogP contribution is 2.36. The number of carboxylic acids is 1. The van der Waals surface area contributed by atoms with Crippen molar-refractivity contribution in [1.29, 1.82) is 0 Å². The maximum absolute atomic E-state index is 12.5. The standard InChI is InChI=1S/C15H15ClN2O4/c16-10-3-4-11(17-14(21)8-1-2-8)13-9(10)7-18(15(13)22)6-5-12(19)20/h3-4,8H,1-2,5-7H2,(H,17,21)(H,19,20). The summed E-state index contributed by atoms with van der Waals surface area (Å²) < 4.78 is 0. The van der Waals surface area contributed by atoms with Crippen LogP contribution in [0.4, 0.5) is 5.69 Å². The third-order valence-corrected chi connectivity index (χ3v) is 4.26. The van der Waals surface area contributed by atoms with E-state index in [0.29, 0.717) is 21.8 Å². The average molecular weight is 323 g/mol. The fraction of sp³-hybridized carbons (Fsp3) is 0.400. The van der Waals surface area contributed by atoms with Gasteiger partial charge in [0.1, 0.15) is 0 Å². The van der Waals surface area contributed by atoms with Gasteiger partial charge in [0.05, 0.1) is 17.7 Å². The van der Waals surface area contributed by atoms with E-state index in [1.807, 2.05) is 0 Å². The van der Waals surface area contributed by atoms with Crippen LogP contribution in [0.2, 0.25) is 5.02 Å². The Morgan fingerprint density at radius 1 is 1.36 bits per heavy atom. The Morgan fingerprint density at radius 2 is 2.09 bits per heavy atom. The number of carbonyl (C=O) groups is 3. The maximum Gasteiger partial charge on any atom is 0.305 e. The summed E-state index contributed by atoms with van der Waals surface area (Å²) >= 11 is 6.14. The van der Waals surface area contributed by atoms with Gasteiger partial charge in [0.25, 0.3) is 5.91 Å². The lowest BCUT2D eigenvalue weighted by molar-refractivity contribution is -0.137. The van der Waals surface area contributed by atoms with E-state index in [1.54, 1.807) is 12.1 Å². The molecule has 6 nitrogen and oxygen atoms in total. The summed E-state index contributed by atoms with van der Waals surface area (Å²) in [6.07, 6.45) is 1.63. The first kappa shape index (κ1) is 14.8. The third kappa shape index (κ3) is 2.78. The molecular formula is C15H15ClN2O4. The Hall–Kier alpha value is -2.08. The normalized spacial score (nSPS) is 16.6. The lowest BCUT2D eigenvalue weighted by Crippen LogP contribution is -2.27. The molecule has 0 atom stereocenters. The molecule has 1 heterocycles. The number of nitrogens with zero attached hydrogens (tertiary/aromatic N) is 1. The highest BCUT2D eigenvalue weighted by atomic mass is 35.5. The van der Waals surface area contributed by atoms with E-state index in [9.17, 15) is 14.4 Å². The van der Waals surface area contributed by atoms with Crippen molar-refractivity contribution >= 4 is 35.1 Å². The summed E-state index contributed by atoms with van der Waals surface area (Å²) in [5.41, 5.74) is 1.48. The number of aliphatic carboxylic acids is 1. The molecule has 7 heteroatoms. The number of nitrogens with one attached hydrogen (secondary N) is 1. The fourth-order valence-corrected chi connectivity index (χ4v) is 2.75. The van der Waals surface area contributed by atoms with Gasteiger partial charge >= 0.3 is 5.97 Å². The van der Waals surface area contributed by atoms with Crippen molar-refractivity contribution in [2.45, 2.75) is 25.8 Å². The summed E-state index contributed by atoms with van der Waals surface area (Å²) in [5.74, 6) is -1.30. The number of amides is 2. The molecule has 0 saturated heterocycles. The number of carbonyl (C=O) groups excluding carboxylic acids is 2. The number of anilines is 1. The molecule has 0 aromatic heterocycles. The van der Waals surface area contributed by atoms with Gasteiger partial charge in [0.15, 0.2) is 0 Å². The zero-order valence-corrected chi connectivity index (χ0v) is 12.5. The topological polar surface area (TPSA) is 86.7 Å². The molecule has 1 aliphatic heterocycles. The lowest BCUT2D eigenvalue weighted by atomic mass is 10.1. The molecule has 116 valence electrons. The Labute approximate surface area is 132 Å². The highest BCUT2D eigenvalue weighted by molar-refractivity contribution is 6.32. The van der Waals surface area contributed by atoms with Crippen LogP contribution in [-0.4, -0.2) is 34.3 Å². The molecule has 0 spiro atoms. The molecule has 0 unspecified atom stereocenters. The van der Waals surface area contributed by atoms with Gasteiger partial charge in [-0.15, -0.1) is 0 Å². The van der Waals surface area contributed by atoms with E-state index in [1.165, 1.54) is 4.90 Å². The minimum atomic E-state index is -0.961. The zero-order valence-electron chi connectivity index (χ0n) is 11.8. The van der Waals surface area contributed by atoms with Crippen LogP contribution in [0.1, 0.15) is 35.2 Å². The molecule has 3 rings (SSSR count). The number of hydrogen-bond acceptors (Lipinski definition) is 3. The molecular weight excluding hydrogens is 308 g/mol. The van der Waals surface area contributed by atoms with E-state index >= 15 is 0 Å². The van der Waals surface area contributed by atoms with Crippen molar-refractivity contribution in [2.24, 2.45) is 5.92 Å². The van der Waals surface area contributed by atoms with E-state index in [-0.39, 0.29) is 37.2 Å². The summed E-state index contributed by atoms with van der Waals surface area (Å²) in [4.78, 5) is 36.5. The molecule has 22 heavy (non-hydrogen) atoms. The average Bonchev–Trinajstić information content (AvgIpc) is 3.25. The van der Waals surface area contributed by atoms with Crippen LogP contribution in [0.15, 0.2) is 12.1 Å². The van der Waals surface area contributed by atoms with Crippen molar-refractivity contribution in [3.63, 3.8) is 0 Å². The summed E-state index contributed by atoms with van der Waals surface area (Å²) in [5, 5.41) is 12.0. The molecule has 2 N–H and O–H groups in total. The first-order chi connectivity index (χ1) is 10.5. The Kier molecular flexibility index (Phi) is 3.78. The third-order valence-electron chi connectivity index (χ3n) is 3.91. The van der Waals surface area contributed by atoms with Gasteiger partial charge in [0.2, 0.25) is 5.91 Å². The van der Waals surface area contributed by atoms with Gasteiger partial charge in [-0.2, -0.15) is 0 Å². The number of rotatable bonds is 5. The summed E-state index contributed by atoms with van der Waals surface area (Å²) in [7, 11) is 0. The second-order valence-electron chi connectivity index (χ2n) is 5.58. The van der Waals surface area contributed by atoms with Gasteiger partial charge in [0, 0.05) is 29.6 Å². The van der Waals surface area contributed by atoms with Crippen molar-refractivity contribution in [2.75, 3.05) is 11.9 Å². The molecule has 2 amide bonds. The largest absolute Gasteiger partial charge is 0.481 e. The molecule has 0 radical (unpaired) electrons. The van der Waals surface area contributed by atoms with E-state index in [0.717, 1.165) is 12.8 Å². The molecule has 1 saturated carbocycles. The molecule has 0 bridgehead atoms. The van der Waals surface area contributed by atoms with Crippen LogP contribution < -0.4 is 5.32 Å². The van der Waals surface area contributed by atoms with Gasteiger partial charge in [-0.3, -0.25) is 14.4 Å². The quantitative estimate of drug-likeness (QED) is 0.869. The van der Waals surface area contributed by atoms with Crippen molar-refractivity contribution in [3.8, 4) is 0 Å². The van der Waals surface area contributed by atoms with Crippen LogP contribution in [0, 0.1) is 5.92 Å². The number of fused-ring (bicyclic) bond motifs is 1. The smallest absolute Gasteiger partial charge is 0.305 e. The zero-order chi connectivity index (χ0) is 15.9. The minimum Gasteiger partial charge on any atom is -0.481 e. The van der Waals surface area contributed by atoms with Crippen molar-refractivity contribution in [3.05, 3.63) is 28.3 Å². The monoisotopic (exact) mass is 322 g/mol. The van der Waals surface area contributed by atoms with Crippen LogP contribution in [0.5, 0.6) is 0 Å². The van der Waals surface area contributed by atoms with Crippen LogP contribution >= 0.6 is 11.6 Å². The van der Waals surface area contributed by atoms with Gasteiger partial charge < -0.3 is 15.3 Å². The van der Waals surface area contributed by atoms with Crippen LogP contribution in [0.3, 0.4) is 0 Å². The maximum atomic E-state index is 12.5. The predicted molar refractivity (Wildman–Crippen MR) is 79.8 cm³/mol. The Bertz CT molecular complexity index is 670. The molecule has 1 aromatic rings. The SMILES string of the molecule is O=C(O)CCN1Cc2c(Cl)ccc(NC(=O)C3CC3)c2C1=O. The number of benzene rings is 1. The first-order valence-corrected chi connectivity index (χ1v) is 7.48. The van der Waals surface area contributed by atoms with Gasteiger partial charge in [-0.1, -0.05) is 11.6 Å². The highest BCUT2D eigenvalue weighted by Gasteiger charge is 2.34. The molecule has 2 aliphatic rings. The van der Waals surface area contributed by atoms with Crippen LogP contribution in [-0.2, 0) is 16.1 Å². The minimum absolute atomic E-state index is 0.0333.